The van der Waals surface area contributed by atoms with Crippen LogP contribution in [0.2, 0.25) is 5.02 Å². The van der Waals surface area contributed by atoms with Crippen LogP contribution in [0.3, 0.4) is 0 Å². The summed E-state index contributed by atoms with van der Waals surface area (Å²) in [5.74, 6) is 0. The molecule has 0 heterocycles. The van der Waals surface area contributed by atoms with Gasteiger partial charge in [-0.3, -0.25) is 0 Å². The number of hydrogen-bond acceptors (Lipinski definition) is 2. The zero-order chi connectivity index (χ0) is 12.2. The molecule has 1 aromatic rings. The SMILES string of the molecule is Cc1ccc(Cl)cc1NCC(C)(C)CCN. The van der Waals surface area contributed by atoms with Crippen molar-refractivity contribution in [2.75, 3.05) is 18.4 Å². The van der Waals surface area contributed by atoms with E-state index in [9.17, 15) is 0 Å². The lowest BCUT2D eigenvalue weighted by Gasteiger charge is -2.25. The Morgan fingerprint density at radius 2 is 2.06 bits per heavy atom. The van der Waals surface area contributed by atoms with E-state index >= 15 is 0 Å². The molecule has 0 aromatic heterocycles. The van der Waals surface area contributed by atoms with E-state index in [1.165, 1.54) is 5.56 Å². The lowest BCUT2D eigenvalue weighted by molar-refractivity contribution is 0.365. The fourth-order valence-corrected chi connectivity index (χ4v) is 1.77. The van der Waals surface area contributed by atoms with Crippen LogP contribution in [0.5, 0.6) is 0 Å². The van der Waals surface area contributed by atoms with Gasteiger partial charge in [0.05, 0.1) is 0 Å². The van der Waals surface area contributed by atoms with Gasteiger partial charge in [-0.05, 0) is 43.0 Å². The standard InChI is InChI=1S/C13H21ClN2/c1-10-4-5-11(14)8-12(10)16-9-13(2,3)6-7-15/h4-5,8,16H,6-7,9,15H2,1-3H3. The Kier molecular flexibility index (Phi) is 4.63. The van der Waals surface area contributed by atoms with E-state index in [4.69, 9.17) is 17.3 Å². The van der Waals surface area contributed by atoms with Gasteiger partial charge in [0, 0.05) is 17.3 Å². The van der Waals surface area contributed by atoms with Gasteiger partial charge in [0.2, 0.25) is 0 Å². The maximum Gasteiger partial charge on any atom is 0.0426 e. The van der Waals surface area contributed by atoms with Crippen molar-refractivity contribution < 1.29 is 0 Å². The van der Waals surface area contributed by atoms with E-state index in [2.05, 4.69) is 26.1 Å². The molecule has 3 heteroatoms. The number of anilines is 1. The van der Waals surface area contributed by atoms with Gasteiger partial charge in [0.15, 0.2) is 0 Å². The second-order valence-corrected chi connectivity index (χ2v) is 5.45. The molecule has 1 rings (SSSR count). The highest BCUT2D eigenvalue weighted by atomic mass is 35.5. The molecule has 0 aliphatic carbocycles. The van der Waals surface area contributed by atoms with Gasteiger partial charge in [-0.2, -0.15) is 0 Å². The average molecular weight is 241 g/mol. The van der Waals surface area contributed by atoms with Gasteiger partial charge in [-0.1, -0.05) is 31.5 Å². The predicted octanol–water partition coefficient (Wildman–Crippen LogP) is 3.44. The summed E-state index contributed by atoms with van der Waals surface area (Å²) in [4.78, 5) is 0. The molecule has 3 N–H and O–H groups in total. The van der Waals surface area contributed by atoms with Gasteiger partial charge < -0.3 is 11.1 Å². The summed E-state index contributed by atoms with van der Waals surface area (Å²) in [6, 6.07) is 5.91. The molecule has 0 saturated heterocycles. The number of nitrogens with one attached hydrogen (secondary N) is 1. The monoisotopic (exact) mass is 240 g/mol. The topological polar surface area (TPSA) is 38.0 Å². The number of rotatable bonds is 5. The van der Waals surface area contributed by atoms with Crippen molar-refractivity contribution in [2.24, 2.45) is 11.1 Å². The third kappa shape index (κ3) is 4.03. The van der Waals surface area contributed by atoms with Crippen molar-refractivity contribution >= 4 is 17.3 Å². The first-order valence-corrected chi connectivity index (χ1v) is 6.02. The Bertz CT molecular complexity index is 348. The van der Waals surface area contributed by atoms with Crippen molar-refractivity contribution in [3.8, 4) is 0 Å². The predicted molar refractivity (Wildman–Crippen MR) is 72.1 cm³/mol. The van der Waals surface area contributed by atoms with Gasteiger partial charge in [0.1, 0.15) is 0 Å². The van der Waals surface area contributed by atoms with Gasteiger partial charge in [0.25, 0.3) is 0 Å². The van der Waals surface area contributed by atoms with Crippen LogP contribution < -0.4 is 11.1 Å². The van der Waals surface area contributed by atoms with Crippen LogP contribution in [0, 0.1) is 12.3 Å². The third-order valence-electron chi connectivity index (χ3n) is 2.78. The second-order valence-electron chi connectivity index (χ2n) is 5.02. The largest absolute Gasteiger partial charge is 0.384 e. The molecular formula is C13H21ClN2. The highest BCUT2D eigenvalue weighted by molar-refractivity contribution is 6.30. The summed E-state index contributed by atoms with van der Waals surface area (Å²) in [6.45, 7) is 8.14. The molecule has 0 atom stereocenters. The van der Waals surface area contributed by atoms with Gasteiger partial charge in [-0.25, -0.2) is 0 Å². The van der Waals surface area contributed by atoms with Crippen LogP contribution in [0.1, 0.15) is 25.8 Å². The molecule has 0 aliphatic rings. The van der Waals surface area contributed by atoms with Crippen molar-refractivity contribution in [3.05, 3.63) is 28.8 Å². The number of benzene rings is 1. The van der Waals surface area contributed by atoms with Crippen LogP contribution in [0.4, 0.5) is 5.69 Å². The van der Waals surface area contributed by atoms with Crippen LogP contribution in [-0.2, 0) is 0 Å². The molecule has 0 radical (unpaired) electrons. The lowest BCUT2D eigenvalue weighted by Crippen LogP contribution is -2.26. The van der Waals surface area contributed by atoms with Crippen molar-refractivity contribution in [1.29, 1.82) is 0 Å². The fourth-order valence-electron chi connectivity index (χ4n) is 1.60. The summed E-state index contributed by atoms with van der Waals surface area (Å²) >= 11 is 5.97. The third-order valence-corrected chi connectivity index (χ3v) is 3.01. The maximum atomic E-state index is 5.97. The van der Waals surface area contributed by atoms with Crippen LogP contribution in [0.15, 0.2) is 18.2 Å². The van der Waals surface area contributed by atoms with Crippen LogP contribution in [-0.4, -0.2) is 13.1 Å². The molecule has 1 aromatic carbocycles. The Hall–Kier alpha value is -0.730. The molecule has 0 spiro atoms. The van der Waals surface area contributed by atoms with E-state index in [0.29, 0.717) is 0 Å². The van der Waals surface area contributed by atoms with Gasteiger partial charge >= 0.3 is 0 Å². The first kappa shape index (κ1) is 13.3. The summed E-state index contributed by atoms with van der Waals surface area (Å²) in [7, 11) is 0. The zero-order valence-electron chi connectivity index (χ0n) is 10.3. The average Bonchev–Trinajstić information content (AvgIpc) is 2.19. The highest BCUT2D eigenvalue weighted by Crippen LogP contribution is 2.24. The molecule has 2 nitrogen and oxygen atoms in total. The number of hydrogen-bond donors (Lipinski definition) is 2. The highest BCUT2D eigenvalue weighted by Gasteiger charge is 2.16. The molecule has 0 fully saturated rings. The minimum atomic E-state index is 0.212. The van der Waals surface area contributed by atoms with E-state index < -0.39 is 0 Å². The molecule has 16 heavy (non-hydrogen) atoms. The first-order chi connectivity index (χ1) is 7.44. The zero-order valence-corrected chi connectivity index (χ0v) is 11.1. The number of aryl methyl sites for hydroxylation is 1. The van der Waals surface area contributed by atoms with E-state index in [1.807, 2.05) is 18.2 Å². The minimum Gasteiger partial charge on any atom is -0.384 e. The molecule has 0 unspecified atom stereocenters. The molecular weight excluding hydrogens is 220 g/mol. The maximum absolute atomic E-state index is 5.97. The second kappa shape index (κ2) is 5.55. The van der Waals surface area contributed by atoms with E-state index in [0.717, 1.165) is 30.2 Å². The Balaban J connectivity index is 2.63. The number of halogens is 1. The summed E-state index contributed by atoms with van der Waals surface area (Å²) in [5.41, 5.74) is 8.13. The minimum absolute atomic E-state index is 0.212. The van der Waals surface area contributed by atoms with Crippen molar-refractivity contribution in [1.82, 2.24) is 0 Å². The lowest BCUT2D eigenvalue weighted by atomic mass is 9.89. The normalized spacial score (nSPS) is 11.6. The Labute approximate surface area is 103 Å². The van der Waals surface area contributed by atoms with Crippen LogP contribution >= 0.6 is 11.6 Å². The quantitative estimate of drug-likeness (QED) is 0.828. The molecule has 0 bridgehead atoms. The molecule has 0 saturated carbocycles. The van der Waals surface area contributed by atoms with Crippen molar-refractivity contribution in [3.63, 3.8) is 0 Å². The van der Waals surface area contributed by atoms with E-state index in [1.54, 1.807) is 0 Å². The molecule has 0 aliphatic heterocycles. The Morgan fingerprint density at radius 3 is 2.69 bits per heavy atom. The summed E-state index contributed by atoms with van der Waals surface area (Å²) in [5, 5.41) is 4.21. The molecule has 0 amide bonds. The van der Waals surface area contributed by atoms with E-state index in [-0.39, 0.29) is 5.41 Å². The smallest absolute Gasteiger partial charge is 0.0426 e. The number of nitrogens with two attached hydrogens (primary N) is 1. The molecule has 90 valence electrons. The van der Waals surface area contributed by atoms with Crippen molar-refractivity contribution in [2.45, 2.75) is 27.2 Å². The van der Waals surface area contributed by atoms with Crippen LogP contribution in [0.25, 0.3) is 0 Å². The first-order valence-electron chi connectivity index (χ1n) is 5.65. The Morgan fingerprint density at radius 1 is 1.38 bits per heavy atom. The summed E-state index contributed by atoms with van der Waals surface area (Å²) in [6.07, 6.45) is 1.01. The summed E-state index contributed by atoms with van der Waals surface area (Å²) < 4.78 is 0. The fraction of sp³-hybridized carbons (Fsp3) is 0.538. The van der Waals surface area contributed by atoms with Gasteiger partial charge in [-0.15, -0.1) is 0 Å².